The molecule has 2 heterocycles. The summed E-state index contributed by atoms with van der Waals surface area (Å²) in [6, 6.07) is 6.10. The fraction of sp³-hybridized carbons (Fsp3) is 0. The zero-order valence-corrected chi connectivity index (χ0v) is 8.90. The second kappa shape index (κ2) is 3.31. The number of fused-ring (bicyclic) bond motifs is 2. The van der Waals surface area contributed by atoms with Gasteiger partial charge in [-0.2, -0.15) is 0 Å². The lowest BCUT2D eigenvalue weighted by Crippen LogP contribution is -2.08. The Morgan fingerprint density at radius 3 is 2.81 bits per heavy atom. The number of amides is 1. The van der Waals surface area contributed by atoms with Gasteiger partial charge in [0.05, 0.1) is 17.1 Å². The summed E-state index contributed by atoms with van der Waals surface area (Å²) in [6.45, 7) is 0. The van der Waals surface area contributed by atoms with E-state index in [4.69, 9.17) is 0 Å². The van der Waals surface area contributed by atoms with Crippen LogP contribution in [0.3, 0.4) is 0 Å². The molecule has 0 aliphatic carbocycles. The van der Waals surface area contributed by atoms with E-state index in [1.807, 2.05) is 11.4 Å². The molecule has 0 unspecified atom stereocenters. The second-order valence-electron chi connectivity index (χ2n) is 3.43. The average molecular weight is 234 g/mol. The first kappa shape index (κ1) is 9.35. The standard InChI is InChI=1S/C11H7FN2OS/c12-6-1-2-7-9(5-6)14-11(15)10-8(13-7)3-4-16-10/h1-5,13H,(H,14,15). The SMILES string of the molecule is O=C1Nc2cc(F)ccc2Nc2ccsc21. The Morgan fingerprint density at radius 2 is 1.94 bits per heavy atom. The molecule has 3 nitrogen and oxygen atoms in total. The number of halogens is 1. The number of benzene rings is 1. The van der Waals surface area contributed by atoms with Crippen molar-refractivity contribution in [3.63, 3.8) is 0 Å². The van der Waals surface area contributed by atoms with Crippen LogP contribution in [0.2, 0.25) is 0 Å². The highest BCUT2D eigenvalue weighted by atomic mass is 32.1. The summed E-state index contributed by atoms with van der Waals surface area (Å²) in [5, 5.41) is 7.61. The number of nitrogens with one attached hydrogen (secondary N) is 2. The fourth-order valence-electron chi connectivity index (χ4n) is 1.64. The molecule has 0 saturated heterocycles. The van der Waals surface area contributed by atoms with Crippen molar-refractivity contribution in [3.05, 3.63) is 40.3 Å². The number of rotatable bonds is 0. The van der Waals surface area contributed by atoms with Crippen molar-refractivity contribution in [1.82, 2.24) is 0 Å². The minimum absolute atomic E-state index is 0.207. The number of hydrogen-bond donors (Lipinski definition) is 2. The Hall–Kier alpha value is -1.88. The largest absolute Gasteiger partial charge is 0.352 e. The highest BCUT2D eigenvalue weighted by Gasteiger charge is 2.20. The lowest BCUT2D eigenvalue weighted by Gasteiger charge is -2.07. The predicted octanol–water partition coefficient (Wildman–Crippen LogP) is 3.20. The van der Waals surface area contributed by atoms with Gasteiger partial charge in [0.1, 0.15) is 10.7 Å². The molecule has 0 saturated carbocycles. The van der Waals surface area contributed by atoms with Crippen LogP contribution in [0, 0.1) is 5.82 Å². The van der Waals surface area contributed by atoms with Crippen molar-refractivity contribution in [1.29, 1.82) is 0 Å². The lowest BCUT2D eigenvalue weighted by molar-refractivity contribution is 0.103. The minimum Gasteiger partial charge on any atom is -0.352 e. The Morgan fingerprint density at radius 1 is 1.06 bits per heavy atom. The van der Waals surface area contributed by atoms with Crippen LogP contribution in [0.15, 0.2) is 29.6 Å². The second-order valence-corrected chi connectivity index (χ2v) is 4.35. The van der Waals surface area contributed by atoms with E-state index in [0.717, 1.165) is 5.69 Å². The summed E-state index contributed by atoms with van der Waals surface area (Å²) in [7, 11) is 0. The van der Waals surface area contributed by atoms with Gasteiger partial charge in [0.2, 0.25) is 0 Å². The van der Waals surface area contributed by atoms with Crippen molar-refractivity contribution < 1.29 is 9.18 Å². The molecule has 3 rings (SSSR count). The molecule has 1 aromatic carbocycles. The average Bonchev–Trinajstić information content (AvgIpc) is 2.65. The van der Waals surface area contributed by atoms with Gasteiger partial charge >= 0.3 is 0 Å². The molecule has 16 heavy (non-hydrogen) atoms. The normalized spacial score (nSPS) is 13.2. The summed E-state index contributed by atoms with van der Waals surface area (Å²) in [6.07, 6.45) is 0. The third kappa shape index (κ3) is 1.37. The molecule has 1 aliphatic rings. The smallest absolute Gasteiger partial charge is 0.267 e. The van der Waals surface area contributed by atoms with E-state index in [1.165, 1.54) is 23.5 Å². The van der Waals surface area contributed by atoms with E-state index < -0.39 is 0 Å². The van der Waals surface area contributed by atoms with Gasteiger partial charge in [0.15, 0.2) is 0 Å². The molecule has 1 aliphatic heterocycles. The Bertz CT molecular complexity index is 579. The van der Waals surface area contributed by atoms with Crippen LogP contribution in [0.1, 0.15) is 9.67 Å². The van der Waals surface area contributed by atoms with Crippen molar-refractivity contribution in [3.8, 4) is 0 Å². The first-order valence-corrected chi connectivity index (χ1v) is 5.57. The maximum absolute atomic E-state index is 13.0. The van der Waals surface area contributed by atoms with Gasteiger partial charge in [-0.25, -0.2) is 4.39 Å². The molecule has 0 fully saturated rings. The highest BCUT2D eigenvalue weighted by Crippen LogP contribution is 2.34. The maximum atomic E-state index is 13.0. The molecule has 0 spiro atoms. The molecule has 2 aromatic rings. The molecule has 5 heteroatoms. The number of carbonyl (C=O) groups is 1. The van der Waals surface area contributed by atoms with Gasteiger partial charge in [-0.15, -0.1) is 11.3 Å². The van der Waals surface area contributed by atoms with Crippen LogP contribution in [-0.2, 0) is 0 Å². The first-order valence-electron chi connectivity index (χ1n) is 4.69. The molecule has 0 radical (unpaired) electrons. The quantitative estimate of drug-likeness (QED) is 0.735. The minimum atomic E-state index is -0.369. The summed E-state index contributed by atoms with van der Waals surface area (Å²) in [5.74, 6) is -0.576. The number of thiophene rings is 1. The zero-order valence-electron chi connectivity index (χ0n) is 8.08. The van der Waals surface area contributed by atoms with Crippen LogP contribution in [0.25, 0.3) is 0 Å². The van der Waals surface area contributed by atoms with Crippen LogP contribution < -0.4 is 10.6 Å². The van der Waals surface area contributed by atoms with Gasteiger partial charge in [-0.05, 0) is 29.6 Å². The highest BCUT2D eigenvalue weighted by molar-refractivity contribution is 7.12. The van der Waals surface area contributed by atoms with Crippen LogP contribution in [-0.4, -0.2) is 5.91 Å². The molecular weight excluding hydrogens is 227 g/mol. The first-order chi connectivity index (χ1) is 7.74. The van der Waals surface area contributed by atoms with Crippen molar-refractivity contribution in [2.45, 2.75) is 0 Å². The molecular formula is C11H7FN2OS. The van der Waals surface area contributed by atoms with E-state index >= 15 is 0 Å². The fourth-order valence-corrected chi connectivity index (χ4v) is 2.38. The zero-order chi connectivity index (χ0) is 11.1. The summed E-state index contributed by atoms with van der Waals surface area (Å²) in [5.41, 5.74) is 1.92. The van der Waals surface area contributed by atoms with E-state index in [9.17, 15) is 9.18 Å². The molecule has 0 bridgehead atoms. The predicted molar refractivity (Wildman–Crippen MR) is 62.0 cm³/mol. The molecule has 80 valence electrons. The van der Waals surface area contributed by atoms with Crippen molar-refractivity contribution in [2.75, 3.05) is 10.6 Å². The Kier molecular flexibility index (Phi) is 1.94. The lowest BCUT2D eigenvalue weighted by atomic mass is 10.2. The van der Waals surface area contributed by atoms with E-state index in [-0.39, 0.29) is 11.7 Å². The van der Waals surface area contributed by atoms with Gasteiger partial charge in [0.25, 0.3) is 5.91 Å². The van der Waals surface area contributed by atoms with Crippen LogP contribution in [0.4, 0.5) is 21.5 Å². The summed E-state index contributed by atoms with van der Waals surface area (Å²) < 4.78 is 13.0. The van der Waals surface area contributed by atoms with Crippen LogP contribution in [0.5, 0.6) is 0 Å². The number of carbonyl (C=O) groups excluding carboxylic acids is 1. The van der Waals surface area contributed by atoms with E-state index in [2.05, 4.69) is 10.6 Å². The number of hydrogen-bond acceptors (Lipinski definition) is 3. The van der Waals surface area contributed by atoms with Crippen LogP contribution >= 0.6 is 11.3 Å². The Balaban J connectivity index is 2.16. The van der Waals surface area contributed by atoms with E-state index in [1.54, 1.807) is 6.07 Å². The number of anilines is 3. The molecule has 0 atom stereocenters. The monoisotopic (exact) mass is 234 g/mol. The van der Waals surface area contributed by atoms with Gasteiger partial charge in [0, 0.05) is 0 Å². The summed E-state index contributed by atoms with van der Waals surface area (Å²) in [4.78, 5) is 12.4. The third-order valence-electron chi connectivity index (χ3n) is 2.37. The molecule has 1 amide bonds. The molecule has 1 aromatic heterocycles. The van der Waals surface area contributed by atoms with Crippen molar-refractivity contribution >= 4 is 34.3 Å². The Labute approximate surface area is 94.9 Å². The van der Waals surface area contributed by atoms with Gasteiger partial charge in [-0.1, -0.05) is 0 Å². The third-order valence-corrected chi connectivity index (χ3v) is 3.28. The topological polar surface area (TPSA) is 41.1 Å². The van der Waals surface area contributed by atoms with E-state index in [0.29, 0.717) is 16.3 Å². The maximum Gasteiger partial charge on any atom is 0.267 e. The van der Waals surface area contributed by atoms with Gasteiger partial charge < -0.3 is 10.6 Å². The van der Waals surface area contributed by atoms with Crippen molar-refractivity contribution in [2.24, 2.45) is 0 Å². The molecule has 2 N–H and O–H groups in total. The van der Waals surface area contributed by atoms with Gasteiger partial charge in [-0.3, -0.25) is 4.79 Å². The summed E-state index contributed by atoms with van der Waals surface area (Å²) >= 11 is 1.35.